The van der Waals surface area contributed by atoms with Gasteiger partial charge >= 0.3 is 0 Å². The third-order valence-electron chi connectivity index (χ3n) is 3.28. The highest BCUT2D eigenvalue weighted by molar-refractivity contribution is 7.89. The Bertz CT molecular complexity index is 460. The average molecular weight is 294 g/mol. The summed E-state index contributed by atoms with van der Waals surface area (Å²) in [6, 6.07) is 7.68. The van der Waals surface area contributed by atoms with Crippen molar-refractivity contribution in [2.24, 2.45) is 5.92 Å². The molecule has 20 heavy (non-hydrogen) atoms. The zero-order valence-corrected chi connectivity index (χ0v) is 13.7. The van der Waals surface area contributed by atoms with Gasteiger partial charge in [0, 0.05) is 9.80 Å². The molecule has 1 aromatic carbocycles. The van der Waals surface area contributed by atoms with Gasteiger partial charge in [0.05, 0.1) is 16.9 Å². The SMILES string of the molecule is CCCC/C=C(\[C@@H](O)C(C)C)S(=O)c1ccc(C)cc1. The van der Waals surface area contributed by atoms with E-state index in [0.717, 1.165) is 29.7 Å². The lowest BCUT2D eigenvalue weighted by molar-refractivity contribution is 0.167. The molecule has 0 fully saturated rings. The fraction of sp³-hybridized carbons (Fsp3) is 0.529. The number of unbranched alkanes of at least 4 members (excludes halogenated alkanes) is 2. The minimum absolute atomic E-state index is 0.0669. The van der Waals surface area contributed by atoms with Crippen LogP contribution in [0.15, 0.2) is 40.1 Å². The zero-order chi connectivity index (χ0) is 15.1. The largest absolute Gasteiger partial charge is 0.388 e. The summed E-state index contributed by atoms with van der Waals surface area (Å²) in [4.78, 5) is 1.41. The van der Waals surface area contributed by atoms with Crippen LogP contribution in [0.5, 0.6) is 0 Å². The smallest absolute Gasteiger partial charge is 0.0896 e. The molecular weight excluding hydrogens is 268 g/mol. The topological polar surface area (TPSA) is 37.3 Å². The maximum atomic E-state index is 12.7. The van der Waals surface area contributed by atoms with Gasteiger partial charge in [-0.05, 0) is 31.4 Å². The van der Waals surface area contributed by atoms with Crippen LogP contribution in [0.1, 0.15) is 45.6 Å². The minimum atomic E-state index is -1.27. The van der Waals surface area contributed by atoms with Crippen molar-refractivity contribution < 1.29 is 9.32 Å². The number of aliphatic hydroxyl groups excluding tert-OH is 1. The molecule has 0 aliphatic carbocycles. The van der Waals surface area contributed by atoms with Crippen molar-refractivity contribution in [2.45, 2.75) is 58.0 Å². The van der Waals surface area contributed by atoms with Crippen LogP contribution in [0.2, 0.25) is 0 Å². The lowest BCUT2D eigenvalue weighted by Crippen LogP contribution is -2.21. The van der Waals surface area contributed by atoms with Gasteiger partial charge in [0.2, 0.25) is 0 Å². The van der Waals surface area contributed by atoms with Crippen molar-refractivity contribution in [1.29, 1.82) is 0 Å². The van der Waals surface area contributed by atoms with Crippen molar-refractivity contribution in [3.05, 3.63) is 40.8 Å². The van der Waals surface area contributed by atoms with Crippen LogP contribution in [0.3, 0.4) is 0 Å². The summed E-state index contributed by atoms with van der Waals surface area (Å²) < 4.78 is 12.7. The molecule has 1 rings (SSSR count). The second kappa shape index (κ2) is 8.38. The Hall–Kier alpha value is -0.930. The lowest BCUT2D eigenvalue weighted by Gasteiger charge is -2.18. The summed E-state index contributed by atoms with van der Waals surface area (Å²) in [7, 11) is -1.27. The molecule has 2 atom stereocenters. The highest BCUT2D eigenvalue weighted by Crippen LogP contribution is 2.23. The third kappa shape index (κ3) is 4.88. The van der Waals surface area contributed by atoms with E-state index in [2.05, 4.69) is 6.92 Å². The van der Waals surface area contributed by atoms with E-state index in [4.69, 9.17) is 0 Å². The number of aryl methyl sites for hydroxylation is 1. The number of hydrogen-bond donors (Lipinski definition) is 1. The van der Waals surface area contributed by atoms with E-state index in [1.54, 1.807) is 0 Å². The average Bonchev–Trinajstić information content (AvgIpc) is 2.43. The van der Waals surface area contributed by atoms with E-state index < -0.39 is 16.9 Å². The molecule has 0 spiro atoms. The Labute approximate surface area is 125 Å². The van der Waals surface area contributed by atoms with E-state index in [1.807, 2.05) is 51.1 Å². The summed E-state index contributed by atoms with van der Waals surface area (Å²) in [5, 5.41) is 10.3. The quantitative estimate of drug-likeness (QED) is 0.765. The Morgan fingerprint density at radius 3 is 2.40 bits per heavy atom. The minimum Gasteiger partial charge on any atom is -0.388 e. The number of aliphatic hydroxyl groups is 1. The summed E-state index contributed by atoms with van der Waals surface area (Å²) in [5.74, 6) is 0.0669. The van der Waals surface area contributed by atoms with Crippen LogP contribution in [0.25, 0.3) is 0 Å². The van der Waals surface area contributed by atoms with Crippen molar-refractivity contribution >= 4 is 10.8 Å². The molecule has 0 radical (unpaired) electrons. The summed E-state index contributed by atoms with van der Waals surface area (Å²) in [5.41, 5.74) is 1.15. The van der Waals surface area contributed by atoms with E-state index in [0.29, 0.717) is 4.91 Å². The molecule has 112 valence electrons. The van der Waals surface area contributed by atoms with Gasteiger partial charge in [-0.25, -0.2) is 4.21 Å². The summed E-state index contributed by atoms with van der Waals surface area (Å²) in [6.07, 6.45) is 4.34. The Morgan fingerprint density at radius 1 is 1.30 bits per heavy atom. The van der Waals surface area contributed by atoms with Crippen molar-refractivity contribution in [3.63, 3.8) is 0 Å². The van der Waals surface area contributed by atoms with Crippen LogP contribution < -0.4 is 0 Å². The molecule has 0 amide bonds. The molecule has 0 heterocycles. The van der Waals surface area contributed by atoms with Crippen LogP contribution in [-0.4, -0.2) is 15.4 Å². The predicted molar refractivity (Wildman–Crippen MR) is 86.0 cm³/mol. The first-order valence-electron chi connectivity index (χ1n) is 7.34. The van der Waals surface area contributed by atoms with E-state index in [1.165, 1.54) is 0 Å². The fourth-order valence-electron chi connectivity index (χ4n) is 1.88. The van der Waals surface area contributed by atoms with Gasteiger partial charge in [0.15, 0.2) is 0 Å². The van der Waals surface area contributed by atoms with Gasteiger partial charge in [-0.3, -0.25) is 0 Å². The summed E-state index contributed by atoms with van der Waals surface area (Å²) in [6.45, 7) is 8.03. The first kappa shape index (κ1) is 17.1. The Kier molecular flexibility index (Phi) is 7.17. The number of hydrogen-bond acceptors (Lipinski definition) is 2. The van der Waals surface area contributed by atoms with Crippen LogP contribution >= 0.6 is 0 Å². The molecule has 0 aliphatic heterocycles. The van der Waals surface area contributed by atoms with E-state index in [-0.39, 0.29) is 5.92 Å². The van der Waals surface area contributed by atoms with E-state index in [9.17, 15) is 9.32 Å². The molecule has 2 nitrogen and oxygen atoms in total. The molecule has 0 saturated carbocycles. The standard InChI is InChI=1S/C17H26O2S/c1-5-6-7-8-16(17(18)13(2)3)20(19)15-11-9-14(4)10-12-15/h8-13,17-18H,5-7H2,1-4H3/b16-8+/t17-,20?/m0/s1. The van der Waals surface area contributed by atoms with Gasteiger partial charge in [0.1, 0.15) is 0 Å². The highest BCUT2D eigenvalue weighted by atomic mass is 32.2. The maximum Gasteiger partial charge on any atom is 0.0896 e. The number of rotatable bonds is 7. The van der Waals surface area contributed by atoms with Crippen LogP contribution in [0.4, 0.5) is 0 Å². The molecule has 1 unspecified atom stereocenters. The predicted octanol–water partition coefficient (Wildman–Crippen LogP) is 4.19. The van der Waals surface area contributed by atoms with Gasteiger partial charge in [-0.2, -0.15) is 0 Å². The Balaban J connectivity index is 3.00. The maximum absolute atomic E-state index is 12.7. The second-order valence-corrected chi connectivity index (χ2v) is 7.00. The van der Waals surface area contributed by atoms with Gasteiger partial charge in [-0.1, -0.05) is 57.4 Å². The molecule has 1 N–H and O–H groups in total. The van der Waals surface area contributed by atoms with Crippen LogP contribution in [-0.2, 0) is 10.8 Å². The Morgan fingerprint density at radius 2 is 1.90 bits per heavy atom. The van der Waals surface area contributed by atoms with E-state index >= 15 is 0 Å². The normalized spacial score (nSPS) is 15.4. The molecule has 0 saturated heterocycles. The van der Waals surface area contributed by atoms with Gasteiger partial charge < -0.3 is 5.11 Å². The first-order valence-corrected chi connectivity index (χ1v) is 8.49. The van der Waals surface area contributed by atoms with Crippen molar-refractivity contribution in [2.75, 3.05) is 0 Å². The fourth-order valence-corrected chi connectivity index (χ4v) is 3.30. The molecule has 1 aromatic rings. The van der Waals surface area contributed by atoms with Crippen molar-refractivity contribution in [3.8, 4) is 0 Å². The zero-order valence-electron chi connectivity index (χ0n) is 12.9. The summed E-state index contributed by atoms with van der Waals surface area (Å²) >= 11 is 0. The molecule has 3 heteroatoms. The number of allylic oxidation sites excluding steroid dienone is 1. The third-order valence-corrected chi connectivity index (χ3v) is 4.81. The van der Waals surface area contributed by atoms with Crippen molar-refractivity contribution in [1.82, 2.24) is 0 Å². The molecule has 0 bridgehead atoms. The molecule has 0 aromatic heterocycles. The second-order valence-electron chi connectivity index (χ2n) is 5.52. The molecule has 0 aliphatic rings. The lowest BCUT2D eigenvalue weighted by atomic mass is 10.1. The monoisotopic (exact) mass is 294 g/mol. The molecular formula is C17H26O2S. The van der Waals surface area contributed by atoms with Gasteiger partial charge in [0.25, 0.3) is 0 Å². The van der Waals surface area contributed by atoms with Gasteiger partial charge in [-0.15, -0.1) is 0 Å². The highest BCUT2D eigenvalue weighted by Gasteiger charge is 2.21. The first-order chi connectivity index (χ1) is 9.47. The van der Waals surface area contributed by atoms with Crippen LogP contribution in [0, 0.1) is 12.8 Å². The number of benzene rings is 1.